The highest BCUT2D eigenvalue weighted by Gasteiger charge is 1.84. The van der Waals surface area contributed by atoms with Crippen molar-refractivity contribution >= 4 is 6.02 Å². The van der Waals surface area contributed by atoms with E-state index in [0.29, 0.717) is 0 Å². The molecule has 0 bridgehead atoms. The second-order valence-electron chi connectivity index (χ2n) is 1.04. The fourth-order valence-corrected chi connectivity index (χ4v) is 0.173. The van der Waals surface area contributed by atoms with Crippen LogP contribution in [0.5, 0.6) is 0 Å². The van der Waals surface area contributed by atoms with Crippen LogP contribution in [0, 0.1) is 0 Å². The highest BCUT2D eigenvalue weighted by Crippen LogP contribution is 1.72. The van der Waals surface area contributed by atoms with Crippen molar-refractivity contribution < 1.29 is 9.94 Å². The zero-order valence-electron chi connectivity index (χ0n) is 4.37. The van der Waals surface area contributed by atoms with Gasteiger partial charge in [-0.1, -0.05) is 12.7 Å². The smallest absolute Gasteiger partial charge is 0.321 e. The Morgan fingerprint density at radius 3 is 3.00 bits per heavy atom. The summed E-state index contributed by atoms with van der Waals surface area (Å²) in [7, 11) is 0. The molecule has 0 fully saturated rings. The van der Waals surface area contributed by atoms with Gasteiger partial charge in [0.1, 0.15) is 6.61 Å². The third kappa shape index (κ3) is 3.02. The number of nitrogens with zero attached hydrogens (tertiary/aromatic N) is 1. The van der Waals surface area contributed by atoms with E-state index in [-0.39, 0.29) is 12.6 Å². The summed E-state index contributed by atoms with van der Waals surface area (Å²) < 4.78 is 4.50. The van der Waals surface area contributed by atoms with Gasteiger partial charge in [0, 0.05) is 0 Å². The van der Waals surface area contributed by atoms with Crippen LogP contribution in [-0.4, -0.2) is 17.8 Å². The molecule has 0 aromatic carbocycles. The van der Waals surface area contributed by atoms with Crippen molar-refractivity contribution in [2.24, 2.45) is 10.9 Å². The molecule has 0 aliphatic heterocycles. The number of rotatable bonds is 2. The van der Waals surface area contributed by atoms with Gasteiger partial charge in [0.2, 0.25) is 0 Å². The van der Waals surface area contributed by atoms with Crippen LogP contribution in [0.25, 0.3) is 0 Å². The van der Waals surface area contributed by atoms with E-state index in [0.717, 1.165) is 0 Å². The summed E-state index contributed by atoms with van der Waals surface area (Å²) in [5.74, 6) is 0. The number of nitrogens with two attached hydrogens (primary N) is 1. The van der Waals surface area contributed by atoms with E-state index in [1.807, 2.05) is 0 Å². The van der Waals surface area contributed by atoms with Crippen molar-refractivity contribution in [1.82, 2.24) is 0 Å². The normalized spacial score (nSPS) is 10.8. The molecule has 0 spiro atoms. The third-order valence-corrected chi connectivity index (χ3v) is 0.448. The van der Waals surface area contributed by atoms with Crippen molar-refractivity contribution in [3.05, 3.63) is 12.7 Å². The van der Waals surface area contributed by atoms with Gasteiger partial charge < -0.3 is 15.7 Å². The van der Waals surface area contributed by atoms with E-state index in [1.54, 1.807) is 0 Å². The summed E-state index contributed by atoms with van der Waals surface area (Å²) in [5.41, 5.74) is 4.89. The highest BCUT2D eigenvalue weighted by molar-refractivity contribution is 5.70. The Kier molecular flexibility index (Phi) is 3.39. The molecular formula is C4H8N2O2. The minimum Gasteiger partial charge on any atom is -0.459 e. The first-order valence-electron chi connectivity index (χ1n) is 2.02. The van der Waals surface area contributed by atoms with Crippen LogP contribution in [0.1, 0.15) is 0 Å². The Labute approximate surface area is 47.2 Å². The molecule has 0 heterocycles. The maximum absolute atomic E-state index is 7.87. The van der Waals surface area contributed by atoms with E-state index < -0.39 is 0 Å². The summed E-state index contributed by atoms with van der Waals surface area (Å²) in [6.07, 6.45) is 1.50. The van der Waals surface area contributed by atoms with E-state index >= 15 is 0 Å². The first kappa shape index (κ1) is 6.81. The quantitative estimate of drug-likeness (QED) is 0.174. The first-order chi connectivity index (χ1) is 3.81. The molecule has 0 aromatic rings. The predicted molar refractivity (Wildman–Crippen MR) is 29.6 cm³/mol. The van der Waals surface area contributed by atoms with E-state index in [4.69, 9.17) is 10.9 Å². The predicted octanol–water partition coefficient (Wildman–Crippen LogP) is -0.107. The summed E-state index contributed by atoms with van der Waals surface area (Å²) in [6.45, 7) is 3.61. The average molecular weight is 116 g/mol. The summed E-state index contributed by atoms with van der Waals surface area (Å²) >= 11 is 0. The molecule has 4 nitrogen and oxygen atoms in total. The van der Waals surface area contributed by atoms with Crippen molar-refractivity contribution in [3.8, 4) is 0 Å². The lowest BCUT2D eigenvalue weighted by Gasteiger charge is -1.95. The van der Waals surface area contributed by atoms with E-state index in [9.17, 15) is 0 Å². The summed E-state index contributed by atoms with van der Waals surface area (Å²) in [4.78, 5) is 0. The van der Waals surface area contributed by atoms with Gasteiger partial charge in [-0.15, -0.1) is 0 Å². The zero-order chi connectivity index (χ0) is 6.41. The molecular weight excluding hydrogens is 108 g/mol. The van der Waals surface area contributed by atoms with Gasteiger partial charge in [-0.2, -0.15) is 0 Å². The van der Waals surface area contributed by atoms with Crippen LogP contribution in [0.15, 0.2) is 17.8 Å². The zero-order valence-corrected chi connectivity index (χ0v) is 4.37. The number of oxime groups is 1. The molecule has 4 heteroatoms. The van der Waals surface area contributed by atoms with Crippen LogP contribution in [-0.2, 0) is 4.74 Å². The van der Waals surface area contributed by atoms with E-state index in [2.05, 4.69) is 16.5 Å². The number of hydrogen-bond acceptors (Lipinski definition) is 3. The standard InChI is InChI=1S/C4H8N2O2/c1-2-3-8-4(5)6-7/h2,7H,1,3H2,(H2,5,6). The van der Waals surface area contributed by atoms with E-state index in [1.165, 1.54) is 6.08 Å². The molecule has 0 atom stereocenters. The van der Waals surface area contributed by atoms with Gasteiger partial charge in [-0.3, -0.25) is 0 Å². The number of ether oxygens (including phenoxy) is 1. The SMILES string of the molecule is C=CCO/C(N)=N\O. The third-order valence-electron chi connectivity index (χ3n) is 0.448. The van der Waals surface area contributed by atoms with Gasteiger partial charge in [0.05, 0.1) is 0 Å². The molecule has 0 saturated heterocycles. The second-order valence-corrected chi connectivity index (χ2v) is 1.04. The molecule has 0 amide bonds. The minimum absolute atomic E-state index is 0.245. The number of hydrogen-bond donors (Lipinski definition) is 2. The fourth-order valence-electron chi connectivity index (χ4n) is 0.173. The second kappa shape index (κ2) is 3.98. The Hall–Kier alpha value is -1.19. The van der Waals surface area contributed by atoms with Crippen LogP contribution < -0.4 is 5.73 Å². The molecule has 0 radical (unpaired) electrons. The van der Waals surface area contributed by atoms with Crippen LogP contribution in [0.2, 0.25) is 0 Å². The van der Waals surface area contributed by atoms with Crippen molar-refractivity contribution in [2.75, 3.05) is 6.61 Å². The van der Waals surface area contributed by atoms with Crippen LogP contribution in [0.3, 0.4) is 0 Å². The lowest BCUT2D eigenvalue weighted by Crippen LogP contribution is -2.15. The van der Waals surface area contributed by atoms with Crippen molar-refractivity contribution in [3.63, 3.8) is 0 Å². The molecule has 0 unspecified atom stereocenters. The molecule has 0 aliphatic carbocycles. The van der Waals surface area contributed by atoms with Crippen LogP contribution >= 0.6 is 0 Å². The fraction of sp³-hybridized carbons (Fsp3) is 0.250. The Morgan fingerprint density at radius 2 is 2.62 bits per heavy atom. The molecule has 0 aromatic heterocycles. The van der Waals surface area contributed by atoms with Gasteiger partial charge in [0.25, 0.3) is 0 Å². The topological polar surface area (TPSA) is 67.8 Å². The first-order valence-corrected chi connectivity index (χ1v) is 2.02. The maximum atomic E-state index is 7.87. The lowest BCUT2D eigenvalue weighted by atomic mass is 10.7. The highest BCUT2D eigenvalue weighted by atomic mass is 16.5. The largest absolute Gasteiger partial charge is 0.459 e. The Balaban J connectivity index is 3.24. The van der Waals surface area contributed by atoms with Crippen LogP contribution in [0.4, 0.5) is 0 Å². The van der Waals surface area contributed by atoms with Crippen molar-refractivity contribution in [2.45, 2.75) is 0 Å². The maximum Gasteiger partial charge on any atom is 0.321 e. The summed E-state index contributed by atoms with van der Waals surface area (Å²) in [5, 5.41) is 10.4. The van der Waals surface area contributed by atoms with Crippen molar-refractivity contribution in [1.29, 1.82) is 0 Å². The van der Waals surface area contributed by atoms with Gasteiger partial charge >= 0.3 is 6.02 Å². The van der Waals surface area contributed by atoms with Gasteiger partial charge in [-0.05, 0) is 5.16 Å². The molecule has 3 N–H and O–H groups in total. The lowest BCUT2D eigenvalue weighted by molar-refractivity contribution is 0.269. The molecule has 46 valence electrons. The Morgan fingerprint density at radius 1 is 2.00 bits per heavy atom. The van der Waals surface area contributed by atoms with Gasteiger partial charge in [-0.25, -0.2) is 0 Å². The number of amidine groups is 1. The molecule has 0 saturated carbocycles. The molecule has 0 rings (SSSR count). The summed E-state index contributed by atoms with van der Waals surface area (Å²) in [6, 6.07) is -0.245. The molecule has 8 heavy (non-hydrogen) atoms. The average Bonchev–Trinajstić information content (AvgIpc) is 1.83. The Bertz CT molecular complexity index is 100. The molecule has 0 aliphatic rings. The monoisotopic (exact) mass is 116 g/mol. The van der Waals surface area contributed by atoms with Gasteiger partial charge in [0.15, 0.2) is 0 Å². The minimum atomic E-state index is -0.245.